The van der Waals surface area contributed by atoms with Crippen molar-refractivity contribution in [2.75, 3.05) is 4.72 Å². The Bertz CT molecular complexity index is 802. The second-order valence-corrected chi connectivity index (χ2v) is 6.73. The van der Waals surface area contributed by atoms with Gasteiger partial charge >= 0.3 is 0 Å². The number of aromatic nitrogens is 1. The summed E-state index contributed by atoms with van der Waals surface area (Å²) in [6, 6.07) is 9.74. The van der Waals surface area contributed by atoms with Gasteiger partial charge in [-0.15, -0.1) is 0 Å². The van der Waals surface area contributed by atoms with Gasteiger partial charge in [-0.25, -0.2) is 13.4 Å². The lowest BCUT2D eigenvalue weighted by Gasteiger charge is -2.10. The molecule has 1 heterocycles. The molecular formula is C14H15N3O2S2. The van der Waals surface area contributed by atoms with Gasteiger partial charge in [-0.2, -0.15) is 0 Å². The fraction of sp³-hybridized carbons (Fsp3) is 0.143. The lowest BCUT2D eigenvalue weighted by Crippen LogP contribution is -2.16. The molecule has 0 unspecified atom stereocenters. The van der Waals surface area contributed by atoms with Crippen LogP contribution < -0.4 is 10.5 Å². The van der Waals surface area contributed by atoms with E-state index in [0.717, 1.165) is 5.69 Å². The van der Waals surface area contributed by atoms with E-state index in [1.165, 1.54) is 12.1 Å². The van der Waals surface area contributed by atoms with E-state index in [4.69, 9.17) is 18.0 Å². The molecule has 0 spiro atoms. The third-order valence-corrected chi connectivity index (χ3v) is 4.47. The molecule has 3 N–H and O–H groups in total. The Kier molecular flexibility index (Phi) is 4.24. The van der Waals surface area contributed by atoms with Gasteiger partial charge in [0.25, 0.3) is 10.0 Å². The topological polar surface area (TPSA) is 85.1 Å². The molecule has 0 saturated heterocycles. The van der Waals surface area contributed by atoms with Crippen LogP contribution in [0, 0.1) is 13.8 Å². The fourth-order valence-electron chi connectivity index (χ4n) is 1.88. The summed E-state index contributed by atoms with van der Waals surface area (Å²) in [5.74, 6) is 0.283. The Morgan fingerprint density at radius 1 is 1.24 bits per heavy atom. The average molecular weight is 321 g/mol. The molecule has 21 heavy (non-hydrogen) atoms. The molecule has 2 rings (SSSR count). The summed E-state index contributed by atoms with van der Waals surface area (Å²) in [6.45, 7) is 3.55. The lowest BCUT2D eigenvalue weighted by atomic mass is 10.1. The third-order valence-electron chi connectivity index (χ3n) is 2.90. The molecule has 5 nitrogen and oxygen atoms in total. The Labute approximate surface area is 129 Å². The predicted molar refractivity (Wildman–Crippen MR) is 86.8 cm³/mol. The third kappa shape index (κ3) is 3.56. The van der Waals surface area contributed by atoms with Crippen LogP contribution in [0.5, 0.6) is 0 Å². The maximum atomic E-state index is 12.3. The maximum absolute atomic E-state index is 12.3. The number of aryl methyl sites for hydroxylation is 2. The molecule has 7 heteroatoms. The Hall–Kier alpha value is -1.99. The van der Waals surface area contributed by atoms with Crippen LogP contribution in [-0.4, -0.2) is 18.4 Å². The summed E-state index contributed by atoms with van der Waals surface area (Å²) < 4.78 is 27.1. The highest BCUT2D eigenvalue weighted by Crippen LogP contribution is 2.18. The summed E-state index contributed by atoms with van der Waals surface area (Å²) in [4.78, 5) is 4.50. The van der Waals surface area contributed by atoms with E-state index in [0.29, 0.717) is 11.1 Å². The van der Waals surface area contributed by atoms with Crippen LogP contribution in [0.4, 0.5) is 5.82 Å². The van der Waals surface area contributed by atoms with Crippen molar-refractivity contribution >= 4 is 33.0 Å². The smallest absolute Gasteiger partial charge is 0.263 e. The Morgan fingerprint density at radius 3 is 2.52 bits per heavy atom. The number of sulfonamides is 1. The van der Waals surface area contributed by atoms with Crippen molar-refractivity contribution in [1.82, 2.24) is 4.98 Å². The van der Waals surface area contributed by atoms with Crippen LogP contribution in [0.15, 0.2) is 41.3 Å². The number of pyridine rings is 1. The first kappa shape index (κ1) is 15.4. The first-order chi connectivity index (χ1) is 9.79. The van der Waals surface area contributed by atoms with E-state index in [1.807, 2.05) is 0 Å². The van der Waals surface area contributed by atoms with E-state index >= 15 is 0 Å². The number of nitrogens with two attached hydrogens (primary N) is 1. The first-order valence-corrected chi connectivity index (χ1v) is 8.06. The molecule has 110 valence electrons. The normalized spacial score (nSPS) is 11.1. The number of benzene rings is 1. The standard InChI is InChI=1S/C14H15N3O2S2/c1-9-8-11(6-7-12(9)14(15)20)21(18,19)17-13-5-3-4-10(2)16-13/h3-8H,1-2H3,(H2,15,20)(H,16,17). The zero-order chi connectivity index (χ0) is 15.6. The van der Waals surface area contributed by atoms with Gasteiger partial charge in [-0.05, 0) is 43.7 Å². The molecule has 0 aliphatic rings. The van der Waals surface area contributed by atoms with Gasteiger partial charge in [0.15, 0.2) is 0 Å². The number of anilines is 1. The van der Waals surface area contributed by atoms with Crippen LogP contribution in [0.1, 0.15) is 16.8 Å². The van der Waals surface area contributed by atoms with Crippen LogP contribution in [0.2, 0.25) is 0 Å². The van der Waals surface area contributed by atoms with E-state index in [-0.39, 0.29) is 15.7 Å². The van der Waals surface area contributed by atoms with E-state index in [1.54, 1.807) is 38.1 Å². The molecule has 2 aromatic rings. The molecule has 1 aromatic heterocycles. The number of rotatable bonds is 4. The minimum Gasteiger partial charge on any atom is -0.389 e. The molecule has 1 aromatic carbocycles. The SMILES string of the molecule is Cc1cccc(NS(=O)(=O)c2ccc(C(N)=S)c(C)c2)n1. The van der Waals surface area contributed by atoms with Crippen LogP contribution in [0.3, 0.4) is 0 Å². The number of nitrogens with one attached hydrogen (secondary N) is 1. The van der Waals surface area contributed by atoms with Gasteiger partial charge in [0.05, 0.1) is 4.90 Å². The highest BCUT2D eigenvalue weighted by atomic mass is 32.2. The van der Waals surface area contributed by atoms with E-state index < -0.39 is 10.0 Å². The highest BCUT2D eigenvalue weighted by molar-refractivity contribution is 7.92. The summed E-state index contributed by atoms with van der Waals surface area (Å²) in [6.07, 6.45) is 0. The average Bonchev–Trinajstić information content (AvgIpc) is 2.37. The van der Waals surface area contributed by atoms with Gasteiger partial charge in [0, 0.05) is 11.3 Å². The van der Waals surface area contributed by atoms with E-state index in [9.17, 15) is 8.42 Å². The van der Waals surface area contributed by atoms with Crippen molar-refractivity contribution in [1.29, 1.82) is 0 Å². The minimum atomic E-state index is -3.69. The fourth-order valence-corrected chi connectivity index (χ4v) is 3.19. The largest absolute Gasteiger partial charge is 0.389 e. The molecule has 0 saturated carbocycles. The summed E-state index contributed by atoms with van der Waals surface area (Å²) in [5.41, 5.74) is 7.68. The van der Waals surface area contributed by atoms with Crippen molar-refractivity contribution in [2.45, 2.75) is 18.7 Å². The molecule has 0 amide bonds. The van der Waals surface area contributed by atoms with Gasteiger partial charge in [-0.1, -0.05) is 24.4 Å². The quantitative estimate of drug-likeness (QED) is 0.843. The molecule has 0 aliphatic heterocycles. The zero-order valence-corrected chi connectivity index (χ0v) is 13.3. The minimum absolute atomic E-state index is 0.142. The van der Waals surface area contributed by atoms with E-state index in [2.05, 4.69) is 9.71 Å². The molecule has 0 bridgehead atoms. The van der Waals surface area contributed by atoms with Gasteiger partial charge in [0.1, 0.15) is 10.8 Å². The van der Waals surface area contributed by atoms with Crippen molar-refractivity contribution in [3.63, 3.8) is 0 Å². The maximum Gasteiger partial charge on any atom is 0.263 e. The number of hydrogen-bond donors (Lipinski definition) is 2. The second kappa shape index (κ2) is 5.79. The molecule has 0 radical (unpaired) electrons. The van der Waals surface area contributed by atoms with Gasteiger partial charge < -0.3 is 5.73 Å². The first-order valence-electron chi connectivity index (χ1n) is 6.16. The predicted octanol–water partition coefficient (Wildman–Crippen LogP) is 2.13. The summed E-state index contributed by atoms with van der Waals surface area (Å²) in [7, 11) is -3.69. The molecular weight excluding hydrogens is 306 g/mol. The van der Waals surface area contributed by atoms with Crippen LogP contribution in [0.25, 0.3) is 0 Å². The Balaban J connectivity index is 2.36. The lowest BCUT2D eigenvalue weighted by molar-refractivity contribution is 0.601. The van der Waals surface area contributed by atoms with Crippen molar-refractivity contribution in [3.8, 4) is 0 Å². The highest BCUT2D eigenvalue weighted by Gasteiger charge is 2.16. The van der Waals surface area contributed by atoms with Crippen molar-refractivity contribution in [2.24, 2.45) is 5.73 Å². The zero-order valence-electron chi connectivity index (χ0n) is 11.6. The van der Waals surface area contributed by atoms with Crippen LogP contribution in [-0.2, 0) is 10.0 Å². The summed E-state index contributed by atoms with van der Waals surface area (Å²) >= 11 is 4.91. The molecule has 0 fully saturated rings. The van der Waals surface area contributed by atoms with Crippen molar-refractivity contribution in [3.05, 3.63) is 53.2 Å². The number of thiocarbonyl (C=S) groups is 1. The molecule has 0 aliphatic carbocycles. The monoisotopic (exact) mass is 321 g/mol. The molecule has 0 atom stereocenters. The van der Waals surface area contributed by atoms with Gasteiger partial charge in [0.2, 0.25) is 0 Å². The number of hydrogen-bond acceptors (Lipinski definition) is 4. The number of nitrogens with zero attached hydrogens (tertiary/aromatic N) is 1. The Morgan fingerprint density at radius 2 is 1.95 bits per heavy atom. The summed E-state index contributed by atoms with van der Waals surface area (Å²) in [5, 5.41) is 0. The van der Waals surface area contributed by atoms with Crippen molar-refractivity contribution < 1.29 is 8.42 Å². The second-order valence-electron chi connectivity index (χ2n) is 4.61. The van der Waals surface area contributed by atoms with Gasteiger partial charge in [-0.3, -0.25) is 4.72 Å². The van der Waals surface area contributed by atoms with Crippen LogP contribution >= 0.6 is 12.2 Å².